The van der Waals surface area contributed by atoms with Crippen LogP contribution in [0, 0.1) is 5.92 Å². The van der Waals surface area contributed by atoms with E-state index in [1.54, 1.807) is 13.8 Å². The molecule has 0 aliphatic rings. The van der Waals surface area contributed by atoms with E-state index in [-0.39, 0.29) is 18.9 Å². The van der Waals surface area contributed by atoms with E-state index in [2.05, 4.69) is 25.9 Å². The smallest absolute Gasteiger partial charge is 0.243 e. The molecular formula is C17H29N7O5. The summed E-state index contributed by atoms with van der Waals surface area (Å²) in [7, 11) is 0. The summed E-state index contributed by atoms with van der Waals surface area (Å²) in [5.41, 5.74) is 11.6. The molecule has 0 saturated carbocycles. The van der Waals surface area contributed by atoms with Crippen molar-refractivity contribution in [1.82, 2.24) is 25.9 Å². The van der Waals surface area contributed by atoms with E-state index >= 15 is 0 Å². The van der Waals surface area contributed by atoms with Crippen LogP contribution < -0.4 is 27.4 Å². The second kappa shape index (κ2) is 11.1. The number of hydrogen-bond donors (Lipinski definition) is 7. The number of aliphatic hydroxyl groups excluding tert-OH is 1. The summed E-state index contributed by atoms with van der Waals surface area (Å²) < 4.78 is 0. The topological polar surface area (TPSA) is 205 Å². The number of nitrogens with zero attached hydrogens (tertiary/aromatic N) is 1. The fourth-order valence-corrected chi connectivity index (χ4v) is 2.46. The zero-order valence-electron chi connectivity index (χ0n) is 16.6. The Kier molecular flexibility index (Phi) is 9.22. The molecule has 4 atom stereocenters. The van der Waals surface area contributed by atoms with Crippen LogP contribution in [0.4, 0.5) is 0 Å². The maximum absolute atomic E-state index is 12.4. The number of hydrogen-bond acceptors (Lipinski definition) is 7. The van der Waals surface area contributed by atoms with E-state index in [1.807, 2.05) is 0 Å². The predicted octanol–water partition coefficient (Wildman–Crippen LogP) is -3.11. The van der Waals surface area contributed by atoms with Crippen molar-refractivity contribution < 1.29 is 24.3 Å². The van der Waals surface area contributed by atoms with Gasteiger partial charge in [-0.1, -0.05) is 13.8 Å². The highest BCUT2D eigenvalue weighted by molar-refractivity contribution is 5.93. The number of primary amides is 1. The third-order valence-electron chi connectivity index (χ3n) is 4.11. The van der Waals surface area contributed by atoms with E-state index in [0.29, 0.717) is 5.69 Å². The largest absolute Gasteiger partial charge is 0.391 e. The average molecular weight is 411 g/mol. The summed E-state index contributed by atoms with van der Waals surface area (Å²) in [5.74, 6) is -3.07. The van der Waals surface area contributed by atoms with Gasteiger partial charge in [0.05, 0.1) is 25.0 Å². The lowest BCUT2D eigenvalue weighted by molar-refractivity contribution is -0.134. The minimum Gasteiger partial charge on any atom is -0.391 e. The molecule has 0 bridgehead atoms. The Hall–Kier alpha value is -2.99. The maximum atomic E-state index is 12.4. The summed E-state index contributed by atoms with van der Waals surface area (Å²) in [6, 6.07) is -3.17. The Morgan fingerprint density at radius 2 is 1.79 bits per heavy atom. The molecule has 162 valence electrons. The number of carbonyl (C=O) groups is 4. The predicted molar refractivity (Wildman–Crippen MR) is 103 cm³/mol. The van der Waals surface area contributed by atoms with E-state index < -0.39 is 47.9 Å². The lowest BCUT2D eigenvalue weighted by atomic mass is 10.0. The van der Waals surface area contributed by atoms with Gasteiger partial charge in [0.15, 0.2) is 0 Å². The molecule has 0 fully saturated rings. The minimum atomic E-state index is -1.29. The number of nitrogens with two attached hydrogens (primary N) is 2. The van der Waals surface area contributed by atoms with Gasteiger partial charge in [-0.2, -0.15) is 0 Å². The van der Waals surface area contributed by atoms with Gasteiger partial charge >= 0.3 is 0 Å². The number of amides is 4. The van der Waals surface area contributed by atoms with Crippen molar-refractivity contribution in [3.8, 4) is 0 Å². The first-order valence-corrected chi connectivity index (χ1v) is 9.10. The Balaban J connectivity index is 2.58. The van der Waals surface area contributed by atoms with E-state index in [4.69, 9.17) is 11.5 Å². The average Bonchev–Trinajstić information content (AvgIpc) is 3.13. The second-order valence-corrected chi connectivity index (χ2v) is 7.02. The number of rotatable bonds is 11. The Morgan fingerprint density at radius 3 is 2.28 bits per heavy atom. The van der Waals surface area contributed by atoms with Crippen LogP contribution in [0.2, 0.25) is 0 Å². The molecule has 0 spiro atoms. The van der Waals surface area contributed by atoms with E-state index in [0.717, 1.165) is 0 Å². The highest BCUT2D eigenvalue weighted by Gasteiger charge is 2.30. The Bertz CT molecular complexity index is 705. The lowest BCUT2D eigenvalue weighted by Crippen LogP contribution is -2.58. The summed E-state index contributed by atoms with van der Waals surface area (Å²) in [4.78, 5) is 54.6. The highest BCUT2D eigenvalue weighted by atomic mass is 16.3. The van der Waals surface area contributed by atoms with Gasteiger partial charge in [0.25, 0.3) is 0 Å². The van der Waals surface area contributed by atoms with Crippen LogP contribution in [0.15, 0.2) is 12.5 Å². The molecule has 0 saturated heterocycles. The lowest BCUT2D eigenvalue weighted by Gasteiger charge is -2.25. The molecule has 1 aromatic heterocycles. The quantitative estimate of drug-likeness (QED) is 0.199. The number of carbonyl (C=O) groups excluding carboxylic acids is 4. The van der Waals surface area contributed by atoms with Gasteiger partial charge in [0.1, 0.15) is 12.1 Å². The number of nitrogens with one attached hydrogen (secondary N) is 4. The van der Waals surface area contributed by atoms with Gasteiger partial charge in [-0.3, -0.25) is 19.2 Å². The number of aromatic nitrogens is 2. The van der Waals surface area contributed by atoms with Gasteiger partial charge < -0.3 is 37.5 Å². The van der Waals surface area contributed by atoms with Gasteiger partial charge in [-0.15, -0.1) is 0 Å². The Labute approximate surface area is 168 Å². The zero-order valence-corrected chi connectivity index (χ0v) is 16.6. The van der Waals surface area contributed by atoms with Crippen molar-refractivity contribution in [1.29, 1.82) is 0 Å². The first-order chi connectivity index (χ1) is 13.5. The SMILES string of the molecule is CC(C)[C@H](NC(=O)CNC(=O)[C@@H](N)Cc1cnc[nH]1)C(=O)N[C@H](C(N)=O)C(C)O. The standard InChI is InChI=1S/C17H29N7O5/c1-8(2)13(17(29)24-14(9(3)25)15(19)27)23-12(26)6-21-16(28)11(18)4-10-5-20-7-22-10/h5,7-9,11,13-14,25H,4,6,18H2,1-3H3,(H2,19,27)(H,20,22)(H,21,28)(H,23,26)(H,24,29)/t9?,11-,13-,14-/m0/s1. The fourth-order valence-electron chi connectivity index (χ4n) is 2.46. The normalized spacial score (nSPS) is 15.1. The molecule has 0 aromatic carbocycles. The van der Waals surface area contributed by atoms with Gasteiger partial charge in [0.2, 0.25) is 23.6 Å². The number of aliphatic hydroxyl groups is 1. The molecule has 29 heavy (non-hydrogen) atoms. The molecule has 1 aromatic rings. The molecule has 12 nitrogen and oxygen atoms in total. The van der Waals surface area contributed by atoms with Gasteiger partial charge in [0, 0.05) is 18.3 Å². The summed E-state index contributed by atoms with van der Waals surface area (Å²) in [6.07, 6.45) is 2.03. The molecule has 0 aliphatic heterocycles. The van der Waals surface area contributed by atoms with Gasteiger partial charge in [-0.25, -0.2) is 4.98 Å². The van der Waals surface area contributed by atoms with Crippen LogP contribution in [-0.4, -0.2) is 69.5 Å². The number of H-pyrrole nitrogens is 1. The maximum Gasteiger partial charge on any atom is 0.243 e. The van der Waals surface area contributed by atoms with Crippen molar-refractivity contribution in [2.45, 2.75) is 51.4 Å². The molecule has 4 amide bonds. The number of aromatic amines is 1. The Morgan fingerprint density at radius 1 is 1.14 bits per heavy atom. The van der Waals surface area contributed by atoms with E-state index in [9.17, 15) is 24.3 Å². The highest BCUT2D eigenvalue weighted by Crippen LogP contribution is 2.04. The summed E-state index contributed by atoms with van der Waals surface area (Å²) >= 11 is 0. The van der Waals surface area contributed by atoms with E-state index in [1.165, 1.54) is 19.4 Å². The molecule has 9 N–H and O–H groups in total. The van der Waals surface area contributed by atoms with Crippen LogP contribution in [0.1, 0.15) is 26.5 Å². The molecule has 0 aliphatic carbocycles. The third kappa shape index (κ3) is 7.87. The van der Waals surface area contributed by atoms with Crippen LogP contribution >= 0.6 is 0 Å². The molecular weight excluding hydrogens is 382 g/mol. The fraction of sp³-hybridized carbons (Fsp3) is 0.588. The first-order valence-electron chi connectivity index (χ1n) is 9.10. The zero-order chi connectivity index (χ0) is 22.1. The molecule has 0 radical (unpaired) electrons. The van der Waals surface area contributed by atoms with Crippen LogP contribution in [0.25, 0.3) is 0 Å². The molecule has 1 rings (SSSR count). The first kappa shape index (κ1) is 24.0. The van der Waals surface area contributed by atoms with Crippen LogP contribution in [0.5, 0.6) is 0 Å². The summed E-state index contributed by atoms with van der Waals surface area (Å²) in [5, 5.41) is 16.8. The van der Waals surface area contributed by atoms with Crippen molar-refractivity contribution >= 4 is 23.6 Å². The monoisotopic (exact) mass is 411 g/mol. The van der Waals surface area contributed by atoms with Gasteiger partial charge in [-0.05, 0) is 12.8 Å². The molecule has 1 unspecified atom stereocenters. The van der Waals surface area contributed by atoms with Crippen LogP contribution in [0.3, 0.4) is 0 Å². The van der Waals surface area contributed by atoms with Crippen molar-refractivity contribution in [2.75, 3.05) is 6.54 Å². The molecule has 12 heteroatoms. The minimum absolute atomic E-state index is 0.221. The van der Waals surface area contributed by atoms with Crippen molar-refractivity contribution in [2.24, 2.45) is 17.4 Å². The van der Waals surface area contributed by atoms with Crippen LogP contribution in [-0.2, 0) is 25.6 Å². The molecule has 1 heterocycles. The third-order valence-corrected chi connectivity index (χ3v) is 4.11. The van der Waals surface area contributed by atoms with Crippen molar-refractivity contribution in [3.63, 3.8) is 0 Å². The second-order valence-electron chi connectivity index (χ2n) is 7.02. The van der Waals surface area contributed by atoms with Crippen molar-refractivity contribution in [3.05, 3.63) is 18.2 Å². The number of imidazole rings is 1. The summed E-state index contributed by atoms with van der Waals surface area (Å²) in [6.45, 7) is 4.29.